The molecule has 0 fully saturated rings. The zero-order valence-corrected chi connectivity index (χ0v) is 6.51. The molecule has 2 N–H and O–H groups in total. The first-order valence-corrected chi connectivity index (χ1v) is 2.83. The van der Waals surface area contributed by atoms with E-state index in [1.807, 2.05) is 13.0 Å². The van der Waals surface area contributed by atoms with Gasteiger partial charge in [-0.3, -0.25) is 0 Å². The summed E-state index contributed by atoms with van der Waals surface area (Å²) in [5.41, 5.74) is 6.56. The maximum atomic E-state index is 5.55. The van der Waals surface area contributed by atoms with Crippen molar-refractivity contribution in [1.82, 2.24) is 10.2 Å². The van der Waals surface area contributed by atoms with Gasteiger partial charge in [-0.25, -0.2) is 0 Å². The van der Waals surface area contributed by atoms with Gasteiger partial charge in [0.05, 0.1) is 6.20 Å². The molecule has 0 aromatic carbocycles. The average molecular weight is 160 g/mol. The van der Waals surface area contributed by atoms with E-state index in [-0.39, 0.29) is 18.4 Å². The highest BCUT2D eigenvalue weighted by Gasteiger charge is 1.95. The number of rotatable bonds is 1. The van der Waals surface area contributed by atoms with E-state index in [1.54, 1.807) is 12.4 Å². The topological polar surface area (TPSA) is 51.8 Å². The van der Waals surface area contributed by atoms with Gasteiger partial charge >= 0.3 is 0 Å². The van der Waals surface area contributed by atoms with E-state index in [4.69, 9.17) is 5.73 Å². The average Bonchev–Trinajstić information content (AvgIpc) is 1.90. The maximum absolute atomic E-state index is 5.55. The first-order valence-electron chi connectivity index (χ1n) is 2.83. The van der Waals surface area contributed by atoms with E-state index in [0.717, 1.165) is 5.56 Å². The van der Waals surface area contributed by atoms with Crippen molar-refractivity contribution >= 4 is 12.4 Å². The normalized spacial score (nSPS) is 11.8. The number of hydrogen-bond donors (Lipinski definition) is 1. The van der Waals surface area contributed by atoms with Gasteiger partial charge < -0.3 is 5.73 Å². The third-order valence-electron chi connectivity index (χ3n) is 1.13. The largest absolute Gasteiger partial charge is 0.324 e. The third kappa shape index (κ3) is 2.29. The predicted molar refractivity (Wildman–Crippen MR) is 41.9 cm³/mol. The minimum Gasteiger partial charge on any atom is -0.324 e. The fourth-order valence-electron chi connectivity index (χ4n) is 0.570. The van der Waals surface area contributed by atoms with Crippen LogP contribution in [0.5, 0.6) is 0 Å². The van der Waals surface area contributed by atoms with Crippen LogP contribution in [0.3, 0.4) is 0 Å². The molecule has 0 bridgehead atoms. The van der Waals surface area contributed by atoms with Crippen LogP contribution in [0.15, 0.2) is 18.5 Å². The van der Waals surface area contributed by atoms with Gasteiger partial charge in [0.2, 0.25) is 0 Å². The number of hydrogen-bond acceptors (Lipinski definition) is 3. The van der Waals surface area contributed by atoms with E-state index in [0.29, 0.717) is 0 Å². The summed E-state index contributed by atoms with van der Waals surface area (Å²) in [5, 5.41) is 7.30. The molecule has 0 spiro atoms. The van der Waals surface area contributed by atoms with Gasteiger partial charge in [-0.1, -0.05) is 0 Å². The van der Waals surface area contributed by atoms with Gasteiger partial charge in [0, 0.05) is 12.2 Å². The zero-order chi connectivity index (χ0) is 6.69. The van der Waals surface area contributed by atoms with Crippen LogP contribution >= 0.6 is 12.4 Å². The molecule has 0 amide bonds. The van der Waals surface area contributed by atoms with Crippen molar-refractivity contribution in [2.75, 3.05) is 0 Å². The molecule has 0 saturated heterocycles. The molecule has 0 saturated carbocycles. The summed E-state index contributed by atoms with van der Waals surface area (Å²) in [6.45, 7) is 1.91. The number of halogens is 1. The lowest BCUT2D eigenvalue weighted by molar-refractivity contribution is 0.800. The molecule has 0 aliphatic heterocycles. The smallest absolute Gasteiger partial charge is 0.0543 e. The second-order valence-corrected chi connectivity index (χ2v) is 1.96. The van der Waals surface area contributed by atoms with Crippen LogP contribution in [0, 0.1) is 0 Å². The molecule has 1 aromatic rings. The summed E-state index contributed by atoms with van der Waals surface area (Å²) < 4.78 is 0. The molecule has 1 aromatic heterocycles. The Bertz CT molecular complexity index is 176. The summed E-state index contributed by atoms with van der Waals surface area (Å²) in [4.78, 5) is 0. The van der Waals surface area contributed by atoms with Crippen LogP contribution in [0.25, 0.3) is 0 Å². The Labute approximate surface area is 66.1 Å². The fraction of sp³-hybridized carbons (Fsp3) is 0.333. The summed E-state index contributed by atoms with van der Waals surface area (Å²) >= 11 is 0. The van der Waals surface area contributed by atoms with E-state index in [2.05, 4.69) is 10.2 Å². The lowest BCUT2D eigenvalue weighted by atomic mass is 10.2. The zero-order valence-electron chi connectivity index (χ0n) is 5.69. The third-order valence-corrected chi connectivity index (χ3v) is 1.13. The molecule has 56 valence electrons. The van der Waals surface area contributed by atoms with Gasteiger partial charge in [-0.05, 0) is 18.6 Å². The Hall–Kier alpha value is -0.670. The molecule has 0 aliphatic rings. The Morgan fingerprint density at radius 3 is 2.50 bits per heavy atom. The molecular weight excluding hydrogens is 150 g/mol. The Morgan fingerprint density at radius 2 is 2.20 bits per heavy atom. The van der Waals surface area contributed by atoms with Crippen LogP contribution < -0.4 is 5.73 Å². The SMILES string of the molecule is C[C@H](N)c1ccnnc1.Cl. The number of nitrogens with zero attached hydrogens (tertiary/aromatic N) is 2. The van der Waals surface area contributed by atoms with Crippen molar-refractivity contribution in [3.63, 3.8) is 0 Å². The highest BCUT2D eigenvalue weighted by Crippen LogP contribution is 2.03. The summed E-state index contributed by atoms with van der Waals surface area (Å²) in [5.74, 6) is 0. The van der Waals surface area contributed by atoms with E-state index in [9.17, 15) is 0 Å². The summed E-state index contributed by atoms with van der Waals surface area (Å²) in [6, 6.07) is 1.91. The van der Waals surface area contributed by atoms with E-state index >= 15 is 0 Å². The Kier molecular flexibility index (Phi) is 3.91. The van der Waals surface area contributed by atoms with Crippen molar-refractivity contribution in [2.45, 2.75) is 13.0 Å². The highest BCUT2D eigenvalue weighted by molar-refractivity contribution is 5.85. The second kappa shape index (κ2) is 4.19. The molecule has 10 heavy (non-hydrogen) atoms. The quantitative estimate of drug-likeness (QED) is 0.663. The van der Waals surface area contributed by atoms with Crippen molar-refractivity contribution in [2.24, 2.45) is 5.73 Å². The monoisotopic (exact) mass is 159 g/mol. The molecule has 0 aliphatic carbocycles. The maximum Gasteiger partial charge on any atom is 0.0543 e. The molecule has 1 atom stereocenters. The van der Waals surface area contributed by atoms with Crippen molar-refractivity contribution < 1.29 is 0 Å². The van der Waals surface area contributed by atoms with Gasteiger partial charge in [0.1, 0.15) is 0 Å². The van der Waals surface area contributed by atoms with Crippen LogP contribution in [-0.4, -0.2) is 10.2 Å². The van der Waals surface area contributed by atoms with E-state index < -0.39 is 0 Å². The molecule has 0 unspecified atom stereocenters. The molecule has 0 radical (unpaired) electrons. The summed E-state index contributed by atoms with van der Waals surface area (Å²) in [6.07, 6.45) is 3.31. The fourth-order valence-corrected chi connectivity index (χ4v) is 0.570. The van der Waals surface area contributed by atoms with Crippen LogP contribution in [-0.2, 0) is 0 Å². The van der Waals surface area contributed by atoms with Gasteiger partial charge in [0.15, 0.2) is 0 Å². The Morgan fingerprint density at radius 1 is 1.50 bits per heavy atom. The molecule has 1 rings (SSSR count). The minimum absolute atomic E-state index is 0. The Balaban J connectivity index is 0.000000810. The van der Waals surface area contributed by atoms with Crippen molar-refractivity contribution in [1.29, 1.82) is 0 Å². The number of nitrogens with two attached hydrogens (primary N) is 1. The highest BCUT2D eigenvalue weighted by atomic mass is 35.5. The molecule has 3 nitrogen and oxygen atoms in total. The van der Waals surface area contributed by atoms with E-state index in [1.165, 1.54) is 0 Å². The molecule has 1 heterocycles. The predicted octanol–water partition coefficient (Wildman–Crippen LogP) is 0.918. The van der Waals surface area contributed by atoms with Crippen LogP contribution in [0.1, 0.15) is 18.5 Å². The lowest BCUT2D eigenvalue weighted by Gasteiger charge is -2.00. The van der Waals surface area contributed by atoms with Crippen molar-refractivity contribution in [3.05, 3.63) is 24.0 Å². The molecular formula is C6H10ClN3. The van der Waals surface area contributed by atoms with Crippen LogP contribution in [0.2, 0.25) is 0 Å². The molecule has 4 heteroatoms. The van der Waals surface area contributed by atoms with Gasteiger partial charge in [-0.15, -0.1) is 12.4 Å². The van der Waals surface area contributed by atoms with Gasteiger partial charge in [0.25, 0.3) is 0 Å². The first kappa shape index (κ1) is 9.33. The van der Waals surface area contributed by atoms with Crippen LogP contribution in [0.4, 0.5) is 0 Å². The standard InChI is InChI=1S/C6H9N3.ClH/c1-5(7)6-2-3-8-9-4-6;/h2-5H,7H2,1H3;1H/t5-;/m0./s1. The number of aromatic nitrogens is 2. The second-order valence-electron chi connectivity index (χ2n) is 1.96. The van der Waals surface area contributed by atoms with Crippen molar-refractivity contribution in [3.8, 4) is 0 Å². The summed E-state index contributed by atoms with van der Waals surface area (Å²) in [7, 11) is 0. The minimum atomic E-state index is 0. The lowest BCUT2D eigenvalue weighted by Crippen LogP contribution is -2.04. The van der Waals surface area contributed by atoms with Gasteiger partial charge in [-0.2, -0.15) is 10.2 Å². The first-order chi connectivity index (χ1) is 4.30.